The van der Waals surface area contributed by atoms with Crippen molar-refractivity contribution in [1.29, 1.82) is 0 Å². The Hall–Kier alpha value is -2.10. The SMILES string of the molecule is CCn1c(-c2ccccc2C)nc2c1CCCC2C(=O)O. The van der Waals surface area contributed by atoms with E-state index in [1.807, 2.05) is 12.1 Å². The number of carboxylic acid groups (broad SMARTS) is 1. The molecule has 0 spiro atoms. The van der Waals surface area contributed by atoms with E-state index in [0.717, 1.165) is 42.2 Å². The van der Waals surface area contributed by atoms with E-state index in [4.69, 9.17) is 4.98 Å². The normalized spacial score (nSPS) is 17.5. The van der Waals surface area contributed by atoms with Crippen molar-refractivity contribution in [3.63, 3.8) is 0 Å². The Morgan fingerprint density at radius 2 is 2.19 bits per heavy atom. The van der Waals surface area contributed by atoms with Crippen LogP contribution in [0.1, 0.15) is 42.6 Å². The van der Waals surface area contributed by atoms with Gasteiger partial charge in [0, 0.05) is 17.8 Å². The topological polar surface area (TPSA) is 55.1 Å². The van der Waals surface area contributed by atoms with E-state index in [2.05, 4.69) is 30.5 Å². The van der Waals surface area contributed by atoms with E-state index < -0.39 is 11.9 Å². The van der Waals surface area contributed by atoms with Crippen molar-refractivity contribution in [2.45, 2.75) is 45.6 Å². The molecule has 0 radical (unpaired) electrons. The number of carbonyl (C=O) groups is 1. The summed E-state index contributed by atoms with van der Waals surface area (Å²) in [7, 11) is 0. The van der Waals surface area contributed by atoms with E-state index in [0.29, 0.717) is 6.42 Å². The molecule has 4 heteroatoms. The van der Waals surface area contributed by atoms with Crippen LogP contribution in [0, 0.1) is 6.92 Å². The molecular formula is C17H20N2O2. The zero-order valence-corrected chi connectivity index (χ0v) is 12.5. The molecule has 1 aliphatic rings. The van der Waals surface area contributed by atoms with Gasteiger partial charge in [0.15, 0.2) is 0 Å². The highest BCUT2D eigenvalue weighted by atomic mass is 16.4. The molecule has 1 N–H and O–H groups in total. The molecule has 4 nitrogen and oxygen atoms in total. The largest absolute Gasteiger partial charge is 0.481 e. The number of hydrogen-bond donors (Lipinski definition) is 1. The van der Waals surface area contributed by atoms with Crippen LogP contribution in [0.5, 0.6) is 0 Å². The molecule has 0 bridgehead atoms. The van der Waals surface area contributed by atoms with Crippen LogP contribution in [0.3, 0.4) is 0 Å². The summed E-state index contributed by atoms with van der Waals surface area (Å²) in [4.78, 5) is 16.2. The average Bonchev–Trinajstić information content (AvgIpc) is 2.85. The third-order valence-electron chi connectivity index (χ3n) is 4.34. The average molecular weight is 284 g/mol. The number of rotatable bonds is 3. The van der Waals surface area contributed by atoms with E-state index in [1.165, 1.54) is 5.56 Å². The smallest absolute Gasteiger partial charge is 0.312 e. The molecule has 110 valence electrons. The van der Waals surface area contributed by atoms with Crippen LogP contribution in [0.4, 0.5) is 0 Å². The van der Waals surface area contributed by atoms with Crippen molar-refractivity contribution in [3.05, 3.63) is 41.2 Å². The molecule has 0 amide bonds. The lowest BCUT2D eigenvalue weighted by Gasteiger charge is -2.19. The molecule has 1 aromatic heterocycles. The number of aryl methyl sites for hydroxylation is 1. The second-order valence-electron chi connectivity index (χ2n) is 5.61. The Kier molecular flexibility index (Phi) is 3.53. The van der Waals surface area contributed by atoms with Crippen LogP contribution in [0.25, 0.3) is 11.4 Å². The number of aromatic nitrogens is 2. The van der Waals surface area contributed by atoms with Crippen LogP contribution in [0.2, 0.25) is 0 Å². The number of fused-ring (bicyclic) bond motifs is 1. The maximum atomic E-state index is 11.5. The predicted molar refractivity (Wildman–Crippen MR) is 81.4 cm³/mol. The van der Waals surface area contributed by atoms with E-state index in [1.54, 1.807) is 0 Å². The van der Waals surface area contributed by atoms with Gasteiger partial charge < -0.3 is 9.67 Å². The lowest BCUT2D eigenvalue weighted by atomic mass is 9.90. The quantitative estimate of drug-likeness (QED) is 0.940. The fraction of sp³-hybridized carbons (Fsp3) is 0.412. The minimum absolute atomic E-state index is 0.454. The van der Waals surface area contributed by atoms with Crippen LogP contribution in [-0.4, -0.2) is 20.6 Å². The van der Waals surface area contributed by atoms with Gasteiger partial charge in [0.2, 0.25) is 0 Å². The fourth-order valence-electron chi connectivity index (χ4n) is 3.27. The van der Waals surface area contributed by atoms with Gasteiger partial charge in [-0.15, -0.1) is 0 Å². The first-order valence-corrected chi connectivity index (χ1v) is 7.51. The Labute approximate surface area is 124 Å². The molecule has 1 heterocycles. The summed E-state index contributed by atoms with van der Waals surface area (Å²) in [6.45, 7) is 4.98. The maximum Gasteiger partial charge on any atom is 0.312 e. The highest BCUT2D eigenvalue weighted by Gasteiger charge is 2.32. The summed E-state index contributed by atoms with van der Waals surface area (Å²) in [5.41, 5.74) is 4.14. The second-order valence-corrected chi connectivity index (χ2v) is 5.61. The van der Waals surface area contributed by atoms with Gasteiger partial charge >= 0.3 is 5.97 Å². The van der Waals surface area contributed by atoms with Crippen molar-refractivity contribution in [1.82, 2.24) is 9.55 Å². The number of benzene rings is 1. The first-order chi connectivity index (χ1) is 10.1. The summed E-state index contributed by atoms with van der Waals surface area (Å²) in [6, 6.07) is 8.14. The minimum atomic E-state index is -0.756. The first-order valence-electron chi connectivity index (χ1n) is 7.51. The lowest BCUT2D eigenvalue weighted by molar-refractivity contribution is -0.139. The number of imidazole rings is 1. The van der Waals surface area contributed by atoms with Gasteiger partial charge in [0.05, 0.1) is 5.69 Å². The first kappa shape index (κ1) is 13.9. The van der Waals surface area contributed by atoms with Crippen LogP contribution in [-0.2, 0) is 17.8 Å². The standard InChI is InChI=1S/C17H20N2O2/c1-3-19-14-10-6-9-13(17(20)21)15(14)18-16(19)12-8-5-4-7-11(12)2/h4-5,7-8,13H,3,6,9-10H2,1-2H3,(H,20,21). The Bertz CT molecular complexity index is 688. The van der Waals surface area contributed by atoms with Crippen molar-refractivity contribution in [3.8, 4) is 11.4 Å². The predicted octanol–water partition coefficient (Wildman–Crippen LogP) is 3.38. The van der Waals surface area contributed by atoms with Gasteiger partial charge in [-0.2, -0.15) is 0 Å². The molecule has 21 heavy (non-hydrogen) atoms. The van der Waals surface area contributed by atoms with E-state index in [-0.39, 0.29) is 0 Å². The van der Waals surface area contributed by atoms with E-state index in [9.17, 15) is 9.90 Å². The summed E-state index contributed by atoms with van der Waals surface area (Å²) in [5.74, 6) is -0.300. The Morgan fingerprint density at radius 3 is 2.86 bits per heavy atom. The van der Waals surface area contributed by atoms with Crippen molar-refractivity contribution in [2.75, 3.05) is 0 Å². The van der Waals surface area contributed by atoms with Gasteiger partial charge in [-0.05, 0) is 38.7 Å². The molecule has 0 saturated heterocycles. The third-order valence-corrected chi connectivity index (χ3v) is 4.34. The molecule has 3 rings (SSSR count). The van der Waals surface area contributed by atoms with Gasteiger partial charge in [-0.3, -0.25) is 4.79 Å². The third kappa shape index (κ3) is 2.24. The number of nitrogens with zero attached hydrogens (tertiary/aromatic N) is 2. The molecular weight excluding hydrogens is 264 g/mol. The Morgan fingerprint density at radius 1 is 1.43 bits per heavy atom. The summed E-state index contributed by atoms with van der Waals surface area (Å²) < 4.78 is 2.19. The Balaban J connectivity index is 2.19. The fourth-order valence-corrected chi connectivity index (χ4v) is 3.27. The van der Waals surface area contributed by atoms with Gasteiger partial charge in [-0.25, -0.2) is 4.98 Å². The van der Waals surface area contributed by atoms with Crippen LogP contribution in [0.15, 0.2) is 24.3 Å². The maximum absolute atomic E-state index is 11.5. The van der Waals surface area contributed by atoms with Crippen molar-refractivity contribution >= 4 is 5.97 Å². The molecule has 1 aromatic carbocycles. The molecule has 2 aromatic rings. The highest BCUT2D eigenvalue weighted by molar-refractivity contribution is 5.77. The van der Waals surface area contributed by atoms with E-state index >= 15 is 0 Å². The number of hydrogen-bond acceptors (Lipinski definition) is 2. The van der Waals surface area contributed by atoms with Crippen molar-refractivity contribution in [2.24, 2.45) is 0 Å². The highest BCUT2D eigenvalue weighted by Crippen LogP contribution is 2.35. The minimum Gasteiger partial charge on any atom is -0.481 e. The second kappa shape index (κ2) is 5.35. The molecule has 0 aliphatic heterocycles. The van der Waals surface area contributed by atoms with Crippen LogP contribution < -0.4 is 0 Å². The van der Waals surface area contributed by atoms with Crippen LogP contribution >= 0.6 is 0 Å². The number of carboxylic acids is 1. The lowest BCUT2D eigenvalue weighted by Crippen LogP contribution is -2.19. The van der Waals surface area contributed by atoms with Crippen molar-refractivity contribution < 1.29 is 9.90 Å². The molecule has 1 atom stereocenters. The summed E-state index contributed by atoms with van der Waals surface area (Å²) >= 11 is 0. The van der Waals surface area contributed by atoms with Gasteiger partial charge in [-0.1, -0.05) is 24.3 Å². The summed E-state index contributed by atoms with van der Waals surface area (Å²) in [6.07, 6.45) is 2.53. The zero-order chi connectivity index (χ0) is 15.0. The molecule has 0 saturated carbocycles. The molecule has 1 aliphatic carbocycles. The van der Waals surface area contributed by atoms with Gasteiger partial charge in [0.25, 0.3) is 0 Å². The van der Waals surface area contributed by atoms with Gasteiger partial charge in [0.1, 0.15) is 11.7 Å². The molecule has 1 unspecified atom stereocenters. The molecule has 0 fully saturated rings. The summed E-state index contributed by atoms with van der Waals surface area (Å²) in [5, 5.41) is 9.43. The zero-order valence-electron chi connectivity index (χ0n) is 12.5. The monoisotopic (exact) mass is 284 g/mol. The number of aliphatic carboxylic acids is 1.